The van der Waals surface area contributed by atoms with E-state index in [-0.39, 0.29) is 37.3 Å². The lowest BCUT2D eigenvalue weighted by atomic mass is 9.92. The first-order valence-electron chi connectivity index (χ1n) is 14.0. The van der Waals surface area contributed by atoms with Crippen molar-refractivity contribution in [1.29, 1.82) is 0 Å². The van der Waals surface area contributed by atoms with Crippen LogP contribution < -0.4 is 15.9 Å². The van der Waals surface area contributed by atoms with Crippen LogP contribution in [0.15, 0.2) is 23.0 Å². The summed E-state index contributed by atoms with van der Waals surface area (Å²) in [6, 6.07) is 4.94. The minimum Gasteiger partial charge on any atom is -0.444 e. The number of piperazine rings is 1. The van der Waals surface area contributed by atoms with Gasteiger partial charge in [-0.05, 0) is 39.3 Å². The van der Waals surface area contributed by atoms with E-state index in [0.29, 0.717) is 51.3 Å². The van der Waals surface area contributed by atoms with E-state index in [1.165, 1.54) is 4.57 Å². The lowest BCUT2D eigenvalue weighted by Crippen LogP contribution is -2.54. The molecule has 0 saturated carbocycles. The molecule has 1 aromatic heterocycles. The van der Waals surface area contributed by atoms with Crippen LogP contribution >= 0.6 is 0 Å². The van der Waals surface area contributed by atoms with Crippen LogP contribution in [0.2, 0.25) is 0 Å². The molecular weight excluding hydrogens is 519 g/mol. The highest BCUT2D eigenvalue weighted by Gasteiger charge is 2.39. The van der Waals surface area contributed by atoms with Crippen LogP contribution in [-0.4, -0.2) is 93.9 Å². The van der Waals surface area contributed by atoms with Crippen LogP contribution in [0, 0.1) is 0 Å². The monoisotopic (exact) mass is 558 g/mol. The number of piperidine rings is 2. The number of anilines is 1. The Labute approximate surface area is 232 Å². The molecule has 3 saturated heterocycles. The first-order valence-corrected chi connectivity index (χ1v) is 14.0. The summed E-state index contributed by atoms with van der Waals surface area (Å²) in [4.78, 5) is 55.7. The number of fused-ring (bicyclic) bond motifs is 1. The minimum atomic E-state index is -1.36. The number of rotatable bonds is 4. The Morgan fingerprint density at radius 2 is 1.75 bits per heavy atom. The first-order chi connectivity index (χ1) is 18.8. The number of carbonyl (C=O) groups is 3. The lowest BCUT2D eigenvalue weighted by Gasteiger charge is -2.42. The SMILES string of the molecule is Cn1c(=O)n(C2CCC(=O)NC2=O)c2cccc(N3CCN(CC4(F)CCN(C(=O)OC(C)(C)C)CC4)CC3)c21. The van der Waals surface area contributed by atoms with Gasteiger partial charge in [-0.3, -0.25) is 28.9 Å². The molecule has 3 amide bonds. The molecule has 2 aromatic rings. The van der Waals surface area contributed by atoms with Gasteiger partial charge < -0.3 is 14.5 Å². The third-order valence-electron chi connectivity index (χ3n) is 8.13. The van der Waals surface area contributed by atoms with E-state index in [4.69, 9.17) is 4.74 Å². The van der Waals surface area contributed by atoms with Crippen molar-refractivity contribution in [3.05, 3.63) is 28.7 Å². The van der Waals surface area contributed by atoms with Gasteiger partial charge in [-0.25, -0.2) is 14.0 Å². The van der Waals surface area contributed by atoms with Gasteiger partial charge in [0.2, 0.25) is 11.8 Å². The number of amides is 3. The van der Waals surface area contributed by atoms with Crippen molar-refractivity contribution in [2.75, 3.05) is 50.7 Å². The zero-order chi connectivity index (χ0) is 28.8. The largest absolute Gasteiger partial charge is 0.444 e. The summed E-state index contributed by atoms with van der Waals surface area (Å²) in [5, 5.41) is 2.35. The molecule has 3 aliphatic rings. The summed E-state index contributed by atoms with van der Waals surface area (Å²) >= 11 is 0. The average Bonchev–Trinajstić information content (AvgIpc) is 3.14. The van der Waals surface area contributed by atoms with Crippen LogP contribution in [0.25, 0.3) is 11.0 Å². The van der Waals surface area contributed by atoms with Crippen molar-refractivity contribution in [2.24, 2.45) is 7.05 Å². The number of nitrogens with one attached hydrogen (secondary N) is 1. The third-order valence-corrected chi connectivity index (χ3v) is 8.13. The van der Waals surface area contributed by atoms with E-state index in [1.807, 2.05) is 39.0 Å². The molecule has 5 rings (SSSR count). The maximum absolute atomic E-state index is 15.8. The normalized spacial score (nSPS) is 22.5. The third kappa shape index (κ3) is 5.59. The molecule has 0 bridgehead atoms. The molecule has 3 fully saturated rings. The van der Waals surface area contributed by atoms with Crippen molar-refractivity contribution < 1.29 is 23.5 Å². The Morgan fingerprint density at radius 1 is 1.07 bits per heavy atom. The van der Waals surface area contributed by atoms with Gasteiger partial charge in [0, 0.05) is 72.1 Å². The van der Waals surface area contributed by atoms with Crippen molar-refractivity contribution >= 4 is 34.6 Å². The second kappa shape index (κ2) is 10.5. The highest BCUT2D eigenvalue weighted by atomic mass is 19.1. The second-order valence-electron chi connectivity index (χ2n) is 12.2. The highest BCUT2D eigenvalue weighted by Crippen LogP contribution is 2.32. The molecule has 11 nitrogen and oxygen atoms in total. The fourth-order valence-corrected chi connectivity index (χ4v) is 6.02. The number of halogens is 1. The van der Waals surface area contributed by atoms with Gasteiger partial charge in [-0.2, -0.15) is 0 Å². The summed E-state index contributed by atoms with van der Waals surface area (Å²) in [5.41, 5.74) is 0.0502. The highest BCUT2D eigenvalue weighted by molar-refractivity contribution is 6.00. The molecule has 218 valence electrons. The molecule has 1 atom stereocenters. The Morgan fingerprint density at radius 3 is 2.38 bits per heavy atom. The zero-order valence-electron chi connectivity index (χ0n) is 23.7. The number of hydrogen-bond acceptors (Lipinski definition) is 7. The Kier molecular flexibility index (Phi) is 7.41. The number of nitrogens with zero attached hydrogens (tertiary/aromatic N) is 5. The molecule has 1 unspecified atom stereocenters. The van der Waals surface area contributed by atoms with Crippen LogP contribution in [0.1, 0.15) is 52.5 Å². The number of aromatic nitrogens is 2. The number of likely N-dealkylation sites (tertiary alicyclic amines) is 1. The maximum Gasteiger partial charge on any atom is 0.410 e. The van der Waals surface area contributed by atoms with Gasteiger partial charge in [-0.15, -0.1) is 0 Å². The van der Waals surface area contributed by atoms with Gasteiger partial charge in [0.25, 0.3) is 0 Å². The van der Waals surface area contributed by atoms with E-state index in [2.05, 4.69) is 15.1 Å². The maximum atomic E-state index is 15.8. The number of imide groups is 1. The Balaban J connectivity index is 1.24. The fourth-order valence-electron chi connectivity index (χ4n) is 6.02. The topological polar surface area (TPSA) is 109 Å². The molecule has 0 aliphatic carbocycles. The van der Waals surface area contributed by atoms with E-state index >= 15 is 4.39 Å². The summed E-state index contributed by atoms with van der Waals surface area (Å²) < 4.78 is 24.3. The molecule has 3 aliphatic heterocycles. The number of aryl methyl sites for hydroxylation is 1. The van der Waals surface area contributed by atoms with E-state index < -0.39 is 29.3 Å². The molecule has 0 spiro atoms. The number of ether oxygens (including phenoxy) is 1. The quantitative estimate of drug-likeness (QED) is 0.573. The number of hydrogen-bond donors (Lipinski definition) is 1. The first kappa shape index (κ1) is 28.1. The summed E-state index contributed by atoms with van der Waals surface area (Å²) in [6.45, 7) is 9.12. The standard InChI is InChI=1S/C28H39FN6O5/c1-27(2,3)40-26(39)34-12-10-28(29,11-13-34)18-32-14-16-33(17-15-32)19-6-5-7-20-23(19)31(4)25(38)35(20)21-8-9-22(36)30-24(21)37/h5-7,21H,8-18H2,1-4H3,(H,30,36,37). The Hall–Kier alpha value is -3.41. The number of alkyl halides is 1. The molecule has 1 N–H and O–H groups in total. The molecular formula is C28H39FN6O5. The number of carbonyl (C=O) groups excluding carboxylic acids is 3. The van der Waals surface area contributed by atoms with Crippen LogP contribution in [0.4, 0.5) is 14.9 Å². The molecule has 40 heavy (non-hydrogen) atoms. The second-order valence-corrected chi connectivity index (χ2v) is 12.2. The molecule has 4 heterocycles. The summed E-state index contributed by atoms with van der Waals surface area (Å²) in [5.74, 6) is -0.779. The smallest absolute Gasteiger partial charge is 0.410 e. The van der Waals surface area contributed by atoms with Gasteiger partial charge in [-0.1, -0.05) is 6.07 Å². The van der Waals surface area contributed by atoms with Gasteiger partial charge >= 0.3 is 11.8 Å². The summed E-state index contributed by atoms with van der Waals surface area (Å²) in [6.07, 6.45) is 0.644. The van der Waals surface area contributed by atoms with E-state index in [0.717, 1.165) is 11.2 Å². The molecule has 0 radical (unpaired) electrons. The Bertz CT molecular complexity index is 1360. The summed E-state index contributed by atoms with van der Waals surface area (Å²) in [7, 11) is 1.70. The average molecular weight is 559 g/mol. The van der Waals surface area contributed by atoms with Crippen LogP contribution in [-0.2, 0) is 21.4 Å². The van der Waals surface area contributed by atoms with E-state index in [1.54, 1.807) is 16.5 Å². The lowest BCUT2D eigenvalue weighted by molar-refractivity contribution is -0.135. The molecule has 1 aromatic carbocycles. The molecule has 12 heteroatoms. The van der Waals surface area contributed by atoms with Crippen molar-refractivity contribution in [2.45, 2.75) is 63.8 Å². The predicted molar refractivity (Wildman–Crippen MR) is 148 cm³/mol. The predicted octanol–water partition coefficient (Wildman–Crippen LogP) is 2.18. The van der Waals surface area contributed by atoms with Gasteiger partial charge in [0.1, 0.15) is 17.3 Å². The number of para-hydroxylation sites is 1. The van der Waals surface area contributed by atoms with Crippen molar-refractivity contribution in [1.82, 2.24) is 24.3 Å². The number of imidazole rings is 1. The van der Waals surface area contributed by atoms with Crippen molar-refractivity contribution in [3.63, 3.8) is 0 Å². The number of benzene rings is 1. The van der Waals surface area contributed by atoms with Crippen LogP contribution in [0.5, 0.6) is 0 Å². The van der Waals surface area contributed by atoms with E-state index in [9.17, 15) is 19.2 Å². The minimum absolute atomic E-state index is 0.190. The van der Waals surface area contributed by atoms with Gasteiger partial charge in [0.15, 0.2) is 0 Å². The van der Waals surface area contributed by atoms with Crippen LogP contribution in [0.3, 0.4) is 0 Å². The zero-order valence-corrected chi connectivity index (χ0v) is 23.7. The fraction of sp³-hybridized carbons (Fsp3) is 0.643. The van der Waals surface area contributed by atoms with Gasteiger partial charge in [0.05, 0.1) is 16.7 Å². The van der Waals surface area contributed by atoms with Crippen molar-refractivity contribution in [3.8, 4) is 0 Å².